The maximum atomic E-state index is 6.29. The van der Waals surface area contributed by atoms with E-state index in [1.807, 2.05) is 32.0 Å². The lowest BCUT2D eigenvalue weighted by molar-refractivity contribution is 0.198. The van der Waals surface area contributed by atoms with Crippen LogP contribution in [0.1, 0.15) is 48.6 Å². The predicted molar refractivity (Wildman–Crippen MR) is 124 cm³/mol. The number of ether oxygens (including phenoxy) is 2. The molecule has 3 rings (SSSR count). The monoisotopic (exact) mass is 514 g/mol. The SMILES string of the molecule is CN=C(NCc1nc(C)c(C)o1)NCc1cccc(OC)c1OC1CCCC1.I. The summed E-state index contributed by atoms with van der Waals surface area (Å²) in [6, 6.07) is 5.97. The predicted octanol–water partition coefficient (Wildman–Crippen LogP) is 4.10. The molecule has 0 saturated heterocycles. The normalized spacial score (nSPS) is 14.4. The van der Waals surface area contributed by atoms with Crippen LogP contribution in [0.25, 0.3) is 0 Å². The van der Waals surface area contributed by atoms with E-state index in [4.69, 9.17) is 13.9 Å². The number of rotatable bonds is 7. The molecule has 0 bridgehead atoms. The molecule has 0 atom stereocenters. The fourth-order valence-corrected chi connectivity index (χ4v) is 3.34. The standard InChI is InChI=1S/C21H30N4O3.HI/c1-14-15(2)27-19(25-14)13-24-21(22-3)23-12-16-8-7-11-18(26-4)20(16)28-17-9-5-6-10-17;/h7-8,11,17H,5-6,9-10,12-13H2,1-4H3,(H2,22,23,24);1H. The van der Waals surface area contributed by atoms with Gasteiger partial charge in [0.15, 0.2) is 17.5 Å². The molecule has 0 radical (unpaired) electrons. The number of benzene rings is 1. The van der Waals surface area contributed by atoms with Gasteiger partial charge in [-0.05, 0) is 45.6 Å². The molecular weight excluding hydrogens is 483 g/mol. The van der Waals surface area contributed by atoms with Crippen LogP contribution in [0.3, 0.4) is 0 Å². The molecule has 1 aliphatic rings. The summed E-state index contributed by atoms with van der Waals surface area (Å²) in [7, 11) is 3.41. The first-order valence-corrected chi connectivity index (χ1v) is 9.80. The van der Waals surface area contributed by atoms with E-state index in [-0.39, 0.29) is 30.1 Å². The minimum absolute atomic E-state index is 0. The number of nitrogens with zero attached hydrogens (tertiary/aromatic N) is 2. The molecule has 0 aliphatic heterocycles. The van der Waals surface area contributed by atoms with E-state index in [2.05, 4.69) is 20.6 Å². The highest BCUT2D eigenvalue weighted by atomic mass is 127. The van der Waals surface area contributed by atoms with Crippen LogP contribution in [0.5, 0.6) is 11.5 Å². The molecule has 2 aromatic rings. The minimum Gasteiger partial charge on any atom is -0.493 e. The van der Waals surface area contributed by atoms with Crippen molar-refractivity contribution < 1.29 is 13.9 Å². The van der Waals surface area contributed by atoms with Gasteiger partial charge in [-0.15, -0.1) is 24.0 Å². The van der Waals surface area contributed by atoms with Crippen molar-refractivity contribution in [1.82, 2.24) is 15.6 Å². The molecule has 160 valence electrons. The number of aliphatic imine (C=N–C) groups is 1. The van der Waals surface area contributed by atoms with Gasteiger partial charge in [-0.3, -0.25) is 4.99 Å². The number of guanidine groups is 1. The topological polar surface area (TPSA) is 80.9 Å². The third-order valence-corrected chi connectivity index (χ3v) is 5.02. The van der Waals surface area contributed by atoms with Gasteiger partial charge >= 0.3 is 0 Å². The second-order valence-electron chi connectivity index (χ2n) is 7.00. The fourth-order valence-electron chi connectivity index (χ4n) is 3.34. The van der Waals surface area contributed by atoms with Gasteiger partial charge < -0.3 is 24.5 Å². The Morgan fingerprint density at radius 2 is 1.93 bits per heavy atom. The maximum absolute atomic E-state index is 6.29. The lowest BCUT2D eigenvalue weighted by Crippen LogP contribution is -2.36. The number of para-hydroxylation sites is 1. The summed E-state index contributed by atoms with van der Waals surface area (Å²) < 4.78 is 17.4. The van der Waals surface area contributed by atoms with Crippen molar-refractivity contribution in [3.63, 3.8) is 0 Å². The fraction of sp³-hybridized carbons (Fsp3) is 0.524. The zero-order valence-electron chi connectivity index (χ0n) is 17.6. The van der Waals surface area contributed by atoms with Gasteiger partial charge in [-0.1, -0.05) is 12.1 Å². The molecule has 7 nitrogen and oxygen atoms in total. The highest BCUT2D eigenvalue weighted by Crippen LogP contribution is 2.34. The molecule has 2 N–H and O–H groups in total. The lowest BCUT2D eigenvalue weighted by Gasteiger charge is -2.20. The molecule has 29 heavy (non-hydrogen) atoms. The summed E-state index contributed by atoms with van der Waals surface area (Å²) in [5.74, 6) is 3.73. The van der Waals surface area contributed by atoms with E-state index in [9.17, 15) is 0 Å². The van der Waals surface area contributed by atoms with E-state index in [1.54, 1.807) is 14.2 Å². The Kier molecular flexibility index (Phi) is 9.06. The van der Waals surface area contributed by atoms with Crippen molar-refractivity contribution in [3.05, 3.63) is 41.1 Å². The summed E-state index contributed by atoms with van der Waals surface area (Å²) in [4.78, 5) is 8.66. The number of oxazole rings is 1. The third kappa shape index (κ3) is 6.25. The second-order valence-corrected chi connectivity index (χ2v) is 7.00. The average molecular weight is 514 g/mol. The van der Waals surface area contributed by atoms with Crippen LogP contribution < -0.4 is 20.1 Å². The van der Waals surface area contributed by atoms with E-state index >= 15 is 0 Å². The van der Waals surface area contributed by atoms with E-state index in [0.717, 1.165) is 41.4 Å². The van der Waals surface area contributed by atoms with E-state index < -0.39 is 0 Å². The first-order chi connectivity index (χ1) is 13.6. The first-order valence-electron chi connectivity index (χ1n) is 9.80. The zero-order valence-corrected chi connectivity index (χ0v) is 19.9. The number of methoxy groups -OCH3 is 1. The molecule has 0 unspecified atom stereocenters. The number of nitrogens with one attached hydrogen (secondary N) is 2. The lowest BCUT2D eigenvalue weighted by atomic mass is 10.1. The summed E-state index contributed by atoms with van der Waals surface area (Å²) in [5, 5.41) is 6.56. The van der Waals surface area contributed by atoms with E-state index in [1.165, 1.54) is 12.8 Å². The smallest absolute Gasteiger partial charge is 0.214 e. The molecule has 1 saturated carbocycles. The Labute approximate surface area is 189 Å². The van der Waals surface area contributed by atoms with Crippen molar-refractivity contribution in [3.8, 4) is 11.5 Å². The van der Waals surface area contributed by atoms with Gasteiger partial charge in [-0.2, -0.15) is 0 Å². The molecule has 1 aromatic carbocycles. The van der Waals surface area contributed by atoms with Crippen LogP contribution in [0.2, 0.25) is 0 Å². The number of halogens is 1. The first kappa shape index (κ1) is 23.3. The second kappa shape index (κ2) is 11.3. The number of aryl methyl sites for hydroxylation is 2. The summed E-state index contributed by atoms with van der Waals surface area (Å²) in [6.45, 7) is 4.89. The van der Waals surface area contributed by atoms with Crippen molar-refractivity contribution in [2.45, 2.75) is 58.7 Å². The molecular formula is C21H31IN4O3. The van der Waals surface area contributed by atoms with Crippen molar-refractivity contribution in [2.75, 3.05) is 14.2 Å². The summed E-state index contributed by atoms with van der Waals surface area (Å²) in [6.07, 6.45) is 4.92. The molecule has 0 spiro atoms. The van der Waals surface area contributed by atoms with Gasteiger partial charge in [0, 0.05) is 19.2 Å². The van der Waals surface area contributed by atoms with Crippen molar-refractivity contribution in [1.29, 1.82) is 0 Å². The van der Waals surface area contributed by atoms with Gasteiger partial charge in [0.25, 0.3) is 0 Å². The number of aromatic nitrogens is 1. The Hall–Kier alpha value is -1.97. The number of hydrogen-bond acceptors (Lipinski definition) is 5. The average Bonchev–Trinajstić information content (AvgIpc) is 3.32. The highest BCUT2D eigenvalue weighted by Gasteiger charge is 2.20. The molecule has 8 heteroatoms. The van der Waals surface area contributed by atoms with Crippen LogP contribution in [-0.2, 0) is 13.1 Å². The molecule has 1 aromatic heterocycles. The largest absolute Gasteiger partial charge is 0.493 e. The molecule has 1 aliphatic carbocycles. The quantitative estimate of drug-likeness (QED) is 0.329. The molecule has 0 amide bonds. The Bertz CT molecular complexity index is 797. The number of hydrogen-bond donors (Lipinski definition) is 2. The van der Waals surface area contributed by atoms with Gasteiger partial charge in [0.05, 0.1) is 25.5 Å². The Balaban J connectivity index is 0.00000300. The van der Waals surface area contributed by atoms with Crippen LogP contribution >= 0.6 is 24.0 Å². The van der Waals surface area contributed by atoms with E-state index in [0.29, 0.717) is 24.9 Å². The Morgan fingerprint density at radius 1 is 1.21 bits per heavy atom. The van der Waals surface area contributed by atoms with Gasteiger partial charge in [0.2, 0.25) is 5.89 Å². The molecule has 1 heterocycles. The maximum Gasteiger partial charge on any atom is 0.214 e. The van der Waals surface area contributed by atoms with Crippen LogP contribution in [0, 0.1) is 13.8 Å². The van der Waals surface area contributed by atoms with Crippen LogP contribution in [0.4, 0.5) is 0 Å². The van der Waals surface area contributed by atoms with Crippen LogP contribution in [0.15, 0.2) is 27.6 Å². The third-order valence-electron chi connectivity index (χ3n) is 5.02. The Morgan fingerprint density at radius 3 is 2.55 bits per heavy atom. The highest BCUT2D eigenvalue weighted by molar-refractivity contribution is 14.0. The minimum atomic E-state index is 0. The van der Waals surface area contributed by atoms with Crippen molar-refractivity contribution in [2.24, 2.45) is 4.99 Å². The molecule has 1 fully saturated rings. The summed E-state index contributed by atoms with van der Waals surface area (Å²) >= 11 is 0. The zero-order chi connectivity index (χ0) is 19.9. The summed E-state index contributed by atoms with van der Waals surface area (Å²) in [5.41, 5.74) is 1.95. The van der Waals surface area contributed by atoms with Gasteiger partial charge in [0.1, 0.15) is 5.76 Å². The van der Waals surface area contributed by atoms with Gasteiger partial charge in [-0.25, -0.2) is 4.98 Å². The van der Waals surface area contributed by atoms with Crippen LogP contribution in [-0.4, -0.2) is 31.2 Å². The van der Waals surface area contributed by atoms with Crippen molar-refractivity contribution >= 4 is 29.9 Å².